The molecule has 2 heterocycles. The fourth-order valence-corrected chi connectivity index (χ4v) is 2.39. The molecule has 2 rings (SSSR count). The zero-order valence-corrected chi connectivity index (χ0v) is 11.0. The molecule has 2 amide bonds. The summed E-state index contributed by atoms with van der Waals surface area (Å²) in [6.07, 6.45) is 0.776. The van der Waals surface area contributed by atoms with Gasteiger partial charge in [-0.15, -0.1) is 0 Å². The zero-order valence-electron chi connectivity index (χ0n) is 11.0. The van der Waals surface area contributed by atoms with Crippen LogP contribution in [0.4, 0.5) is 4.79 Å². The second kappa shape index (κ2) is 5.34. The lowest BCUT2D eigenvalue weighted by atomic mass is 9.85. The first-order valence-corrected chi connectivity index (χ1v) is 6.48. The Balaban J connectivity index is 1.93. The van der Waals surface area contributed by atoms with Gasteiger partial charge in [0.25, 0.3) is 0 Å². The van der Waals surface area contributed by atoms with Crippen molar-refractivity contribution < 1.29 is 24.5 Å². The van der Waals surface area contributed by atoms with E-state index in [1.807, 2.05) is 0 Å². The third kappa shape index (κ3) is 2.82. The number of amides is 2. The molecule has 7 nitrogen and oxygen atoms in total. The van der Waals surface area contributed by atoms with Gasteiger partial charge in [-0.2, -0.15) is 0 Å². The van der Waals surface area contributed by atoms with E-state index < -0.39 is 17.4 Å². The fourth-order valence-electron chi connectivity index (χ4n) is 2.39. The monoisotopic (exact) mass is 272 g/mol. The number of nitrogens with one attached hydrogen (secondary N) is 1. The number of nitrogens with zero attached hydrogens (tertiary/aromatic N) is 1. The van der Waals surface area contributed by atoms with Crippen LogP contribution in [-0.2, 0) is 9.53 Å². The van der Waals surface area contributed by atoms with Gasteiger partial charge in [0.15, 0.2) is 0 Å². The van der Waals surface area contributed by atoms with Crippen molar-refractivity contribution in [3.05, 3.63) is 0 Å². The van der Waals surface area contributed by atoms with Gasteiger partial charge in [-0.25, -0.2) is 4.79 Å². The van der Waals surface area contributed by atoms with Crippen molar-refractivity contribution in [3.63, 3.8) is 0 Å². The van der Waals surface area contributed by atoms with Gasteiger partial charge in [0, 0.05) is 13.1 Å². The van der Waals surface area contributed by atoms with Crippen LogP contribution in [0.1, 0.15) is 19.8 Å². The van der Waals surface area contributed by atoms with Crippen molar-refractivity contribution in [1.82, 2.24) is 10.2 Å². The molecule has 0 radical (unpaired) electrons. The maximum absolute atomic E-state index is 12.1. The Labute approximate surface area is 111 Å². The van der Waals surface area contributed by atoms with E-state index in [0.29, 0.717) is 25.9 Å². The van der Waals surface area contributed by atoms with E-state index in [1.165, 1.54) is 0 Å². The van der Waals surface area contributed by atoms with Crippen LogP contribution >= 0.6 is 0 Å². The molecule has 0 spiro atoms. The third-order valence-corrected chi connectivity index (χ3v) is 3.99. The minimum Gasteiger partial charge on any atom is -0.481 e. The maximum Gasteiger partial charge on any atom is 0.317 e. The van der Waals surface area contributed by atoms with E-state index in [2.05, 4.69) is 5.32 Å². The number of carboxylic acid groups (broad SMARTS) is 1. The number of carbonyl (C=O) groups is 2. The van der Waals surface area contributed by atoms with E-state index >= 15 is 0 Å². The highest BCUT2D eigenvalue weighted by atomic mass is 16.5. The predicted octanol–water partition coefficient (Wildman–Crippen LogP) is -0.358. The number of ether oxygens (including phenoxy) is 1. The standard InChI is InChI=1S/C12H20N2O5/c1-12(10(16)17)7-19-6-9(12)13-11(18)14-4-2-8(15)3-5-14/h8-9,15H,2-7H2,1H3,(H,13,18)(H,16,17). The lowest BCUT2D eigenvalue weighted by Gasteiger charge is -2.32. The molecule has 2 aliphatic rings. The van der Waals surface area contributed by atoms with Crippen molar-refractivity contribution in [1.29, 1.82) is 0 Å². The van der Waals surface area contributed by atoms with Crippen LogP contribution < -0.4 is 5.32 Å². The number of aliphatic hydroxyl groups excluding tert-OH is 1. The molecule has 0 aromatic carbocycles. The molecule has 2 unspecified atom stereocenters. The van der Waals surface area contributed by atoms with E-state index in [1.54, 1.807) is 11.8 Å². The Morgan fingerprint density at radius 1 is 1.37 bits per heavy atom. The number of piperidine rings is 1. The Kier molecular flexibility index (Phi) is 3.96. The molecular formula is C12H20N2O5. The summed E-state index contributed by atoms with van der Waals surface area (Å²) in [4.78, 5) is 24.9. The summed E-state index contributed by atoms with van der Waals surface area (Å²) in [5.74, 6) is -0.968. The number of aliphatic carboxylic acids is 1. The Hall–Kier alpha value is -1.34. The van der Waals surface area contributed by atoms with Gasteiger partial charge in [0.05, 0.1) is 25.4 Å². The molecule has 0 aliphatic carbocycles. The molecule has 108 valence electrons. The number of aliphatic hydroxyl groups is 1. The van der Waals surface area contributed by atoms with E-state index in [0.717, 1.165) is 0 Å². The summed E-state index contributed by atoms with van der Waals surface area (Å²) in [5, 5.41) is 21.4. The number of rotatable bonds is 2. The van der Waals surface area contributed by atoms with Crippen LogP contribution in [0.2, 0.25) is 0 Å². The summed E-state index contributed by atoms with van der Waals surface area (Å²) in [6, 6.07) is -0.806. The summed E-state index contributed by atoms with van der Waals surface area (Å²) in [7, 11) is 0. The Bertz CT molecular complexity index is 367. The fraction of sp³-hybridized carbons (Fsp3) is 0.833. The van der Waals surface area contributed by atoms with E-state index in [9.17, 15) is 19.8 Å². The topological polar surface area (TPSA) is 99.1 Å². The van der Waals surface area contributed by atoms with Crippen LogP contribution in [0.15, 0.2) is 0 Å². The highest BCUT2D eigenvalue weighted by Gasteiger charge is 2.47. The van der Waals surface area contributed by atoms with Gasteiger partial charge in [-0.3, -0.25) is 4.79 Å². The van der Waals surface area contributed by atoms with Crippen molar-refractivity contribution >= 4 is 12.0 Å². The zero-order chi connectivity index (χ0) is 14.0. The largest absolute Gasteiger partial charge is 0.481 e. The molecule has 0 bridgehead atoms. The van der Waals surface area contributed by atoms with Gasteiger partial charge in [-0.05, 0) is 19.8 Å². The molecule has 19 heavy (non-hydrogen) atoms. The smallest absolute Gasteiger partial charge is 0.317 e. The van der Waals surface area contributed by atoms with Crippen LogP contribution in [0, 0.1) is 5.41 Å². The quantitative estimate of drug-likeness (QED) is 0.637. The maximum atomic E-state index is 12.1. The number of hydrogen-bond acceptors (Lipinski definition) is 4. The number of carbonyl (C=O) groups excluding carboxylic acids is 1. The predicted molar refractivity (Wildman–Crippen MR) is 65.7 cm³/mol. The van der Waals surface area contributed by atoms with Gasteiger partial charge in [0.2, 0.25) is 0 Å². The summed E-state index contributed by atoms with van der Waals surface area (Å²) < 4.78 is 5.19. The molecular weight excluding hydrogens is 252 g/mol. The minimum atomic E-state index is -1.08. The number of carboxylic acids is 1. The van der Waals surface area contributed by atoms with Crippen molar-refractivity contribution in [2.45, 2.75) is 31.9 Å². The van der Waals surface area contributed by atoms with Crippen molar-refractivity contribution in [3.8, 4) is 0 Å². The van der Waals surface area contributed by atoms with Gasteiger partial charge >= 0.3 is 12.0 Å². The lowest BCUT2D eigenvalue weighted by Crippen LogP contribution is -2.54. The first kappa shape index (κ1) is 14.1. The SMILES string of the molecule is CC1(C(=O)O)COCC1NC(=O)N1CCC(O)CC1. The van der Waals surface area contributed by atoms with Crippen LogP contribution in [0.3, 0.4) is 0 Å². The third-order valence-electron chi connectivity index (χ3n) is 3.99. The lowest BCUT2D eigenvalue weighted by molar-refractivity contribution is -0.148. The first-order valence-electron chi connectivity index (χ1n) is 6.48. The highest BCUT2D eigenvalue weighted by molar-refractivity contribution is 5.79. The molecule has 0 saturated carbocycles. The first-order chi connectivity index (χ1) is 8.93. The molecule has 3 N–H and O–H groups in total. The van der Waals surface area contributed by atoms with Crippen molar-refractivity contribution in [2.75, 3.05) is 26.3 Å². The average Bonchev–Trinajstić information content (AvgIpc) is 2.73. The number of likely N-dealkylation sites (tertiary alicyclic amines) is 1. The van der Waals surface area contributed by atoms with Gasteiger partial charge < -0.3 is 25.2 Å². The Morgan fingerprint density at radius 2 is 2.00 bits per heavy atom. The van der Waals surface area contributed by atoms with Gasteiger partial charge in [0.1, 0.15) is 5.41 Å². The van der Waals surface area contributed by atoms with Crippen LogP contribution in [-0.4, -0.2) is 65.6 Å². The molecule has 2 aliphatic heterocycles. The van der Waals surface area contributed by atoms with Crippen molar-refractivity contribution in [2.24, 2.45) is 5.41 Å². The van der Waals surface area contributed by atoms with Crippen LogP contribution in [0.25, 0.3) is 0 Å². The highest BCUT2D eigenvalue weighted by Crippen LogP contribution is 2.29. The summed E-state index contributed by atoms with van der Waals surface area (Å²) in [5.41, 5.74) is -1.08. The molecule has 2 saturated heterocycles. The summed E-state index contributed by atoms with van der Waals surface area (Å²) >= 11 is 0. The molecule has 0 aromatic rings. The number of hydrogen-bond donors (Lipinski definition) is 3. The normalized spacial score (nSPS) is 32.3. The second-order valence-corrected chi connectivity index (χ2v) is 5.46. The molecule has 2 atom stereocenters. The summed E-state index contributed by atoms with van der Waals surface area (Å²) in [6.45, 7) is 2.87. The molecule has 7 heteroatoms. The Morgan fingerprint density at radius 3 is 2.58 bits per heavy atom. The molecule has 2 fully saturated rings. The van der Waals surface area contributed by atoms with E-state index in [4.69, 9.17) is 4.74 Å². The molecule has 0 aromatic heterocycles. The second-order valence-electron chi connectivity index (χ2n) is 5.46. The van der Waals surface area contributed by atoms with Gasteiger partial charge in [-0.1, -0.05) is 0 Å². The van der Waals surface area contributed by atoms with E-state index in [-0.39, 0.29) is 25.3 Å². The number of urea groups is 1. The van der Waals surface area contributed by atoms with Crippen LogP contribution in [0.5, 0.6) is 0 Å². The minimum absolute atomic E-state index is 0.103. The average molecular weight is 272 g/mol.